The minimum absolute atomic E-state index is 0.00597. The van der Waals surface area contributed by atoms with Crippen molar-refractivity contribution in [3.05, 3.63) is 23.9 Å². The maximum absolute atomic E-state index is 12.4. The summed E-state index contributed by atoms with van der Waals surface area (Å²) >= 11 is 0. The van der Waals surface area contributed by atoms with Gasteiger partial charge in [0.2, 0.25) is 0 Å². The van der Waals surface area contributed by atoms with Crippen LogP contribution in [0.3, 0.4) is 0 Å². The van der Waals surface area contributed by atoms with Crippen LogP contribution in [0.15, 0.2) is 18.3 Å². The molecule has 3 heterocycles. The van der Waals surface area contributed by atoms with Crippen LogP contribution in [0.1, 0.15) is 36.0 Å². The quantitative estimate of drug-likeness (QED) is 0.792. The van der Waals surface area contributed by atoms with E-state index in [1.807, 2.05) is 0 Å². The number of rotatable bonds is 6. The molecular formula is C19H30N4O3. The SMILES string of the molecule is O=C(c1ccc(NCC(O)CN2CCCCCC2)nc1)N1CCOCC1. The highest BCUT2D eigenvalue weighted by molar-refractivity contribution is 5.94. The van der Waals surface area contributed by atoms with E-state index in [1.54, 1.807) is 23.2 Å². The number of aliphatic hydroxyl groups excluding tert-OH is 1. The molecule has 7 heteroatoms. The van der Waals surface area contributed by atoms with E-state index in [-0.39, 0.29) is 5.91 Å². The lowest BCUT2D eigenvalue weighted by Gasteiger charge is -2.26. The van der Waals surface area contributed by atoms with E-state index in [2.05, 4.69) is 15.2 Å². The number of aromatic nitrogens is 1. The van der Waals surface area contributed by atoms with Gasteiger partial charge in [-0.05, 0) is 38.1 Å². The monoisotopic (exact) mass is 362 g/mol. The molecule has 1 amide bonds. The highest BCUT2D eigenvalue weighted by atomic mass is 16.5. The van der Waals surface area contributed by atoms with Gasteiger partial charge < -0.3 is 25.0 Å². The van der Waals surface area contributed by atoms with Gasteiger partial charge in [0.05, 0.1) is 24.9 Å². The number of hydrogen-bond donors (Lipinski definition) is 2. The van der Waals surface area contributed by atoms with Gasteiger partial charge in [0.25, 0.3) is 5.91 Å². The number of nitrogens with one attached hydrogen (secondary N) is 1. The summed E-state index contributed by atoms with van der Waals surface area (Å²) in [5, 5.41) is 13.4. The molecule has 0 aromatic carbocycles. The number of pyridine rings is 1. The Bertz CT molecular complexity index is 552. The Hall–Kier alpha value is -1.70. The second kappa shape index (κ2) is 9.85. The Morgan fingerprint density at radius 1 is 1.15 bits per heavy atom. The molecule has 7 nitrogen and oxygen atoms in total. The summed E-state index contributed by atoms with van der Waals surface area (Å²) in [4.78, 5) is 20.8. The summed E-state index contributed by atoms with van der Waals surface area (Å²) in [5.74, 6) is 0.673. The minimum atomic E-state index is -0.426. The summed E-state index contributed by atoms with van der Waals surface area (Å²) < 4.78 is 5.27. The predicted octanol–water partition coefficient (Wildman–Crippen LogP) is 1.20. The van der Waals surface area contributed by atoms with E-state index in [0.29, 0.717) is 50.8 Å². The van der Waals surface area contributed by atoms with Crippen LogP contribution in [-0.4, -0.2) is 84.4 Å². The first kappa shape index (κ1) is 19.1. The van der Waals surface area contributed by atoms with Crippen molar-refractivity contribution in [2.75, 3.05) is 57.8 Å². The highest BCUT2D eigenvalue weighted by Crippen LogP contribution is 2.11. The van der Waals surface area contributed by atoms with E-state index in [0.717, 1.165) is 13.1 Å². The lowest BCUT2D eigenvalue weighted by Crippen LogP contribution is -2.40. The molecule has 2 aliphatic rings. The van der Waals surface area contributed by atoms with Crippen LogP contribution >= 0.6 is 0 Å². The Kier molecular flexibility index (Phi) is 7.22. The van der Waals surface area contributed by atoms with E-state index < -0.39 is 6.10 Å². The number of likely N-dealkylation sites (tertiary alicyclic amines) is 1. The molecule has 0 bridgehead atoms. The molecule has 2 aliphatic heterocycles. The molecule has 0 spiro atoms. The summed E-state index contributed by atoms with van der Waals surface area (Å²) in [5.41, 5.74) is 0.586. The number of carbonyl (C=O) groups excluding carboxylic acids is 1. The number of nitrogens with zero attached hydrogens (tertiary/aromatic N) is 3. The van der Waals surface area contributed by atoms with Crippen molar-refractivity contribution in [2.45, 2.75) is 31.8 Å². The Morgan fingerprint density at radius 3 is 2.54 bits per heavy atom. The van der Waals surface area contributed by atoms with Crippen molar-refractivity contribution < 1.29 is 14.6 Å². The van der Waals surface area contributed by atoms with E-state index in [1.165, 1.54) is 25.7 Å². The van der Waals surface area contributed by atoms with Gasteiger partial charge in [-0.15, -0.1) is 0 Å². The molecule has 1 unspecified atom stereocenters. The second-order valence-corrected chi connectivity index (χ2v) is 7.09. The number of amides is 1. The van der Waals surface area contributed by atoms with Crippen molar-refractivity contribution in [3.8, 4) is 0 Å². The van der Waals surface area contributed by atoms with Crippen LogP contribution in [0.2, 0.25) is 0 Å². The maximum atomic E-state index is 12.4. The second-order valence-electron chi connectivity index (χ2n) is 7.09. The molecule has 0 radical (unpaired) electrons. The number of morpholine rings is 1. The predicted molar refractivity (Wildman–Crippen MR) is 100 cm³/mol. The number of carbonyl (C=O) groups is 1. The smallest absolute Gasteiger partial charge is 0.255 e. The molecule has 3 rings (SSSR count). The Labute approximate surface area is 155 Å². The summed E-state index contributed by atoms with van der Waals surface area (Å²) in [7, 11) is 0. The normalized spacial score (nSPS) is 20.4. The zero-order valence-electron chi connectivity index (χ0n) is 15.4. The number of ether oxygens (including phenoxy) is 1. The van der Waals surface area contributed by atoms with Crippen LogP contribution in [0.4, 0.5) is 5.82 Å². The Morgan fingerprint density at radius 2 is 1.88 bits per heavy atom. The third kappa shape index (κ3) is 5.65. The van der Waals surface area contributed by atoms with Crippen molar-refractivity contribution >= 4 is 11.7 Å². The van der Waals surface area contributed by atoms with Gasteiger partial charge in [0.1, 0.15) is 5.82 Å². The van der Waals surface area contributed by atoms with E-state index in [9.17, 15) is 9.90 Å². The maximum Gasteiger partial charge on any atom is 0.255 e. The first-order valence-electron chi connectivity index (χ1n) is 9.70. The summed E-state index contributed by atoms with van der Waals surface area (Å²) in [6.45, 7) is 5.74. The van der Waals surface area contributed by atoms with Crippen LogP contribution in [0, 0.1) is 0 Å². The van der Waals surface area contributed by atoms with E-state index >= 15 is 0 Å². The number of anilines is 1. The third-order valence-electron chi connectivity index (χ3n) is 5.00. The van der Waals surface area contributed by atoms with Gasteiger partial charge in [-0.3, -0.25) is 4.79 Å². The van der Waals surface area contributed by atoms with Crippen LogP contribution in [-0.2, 0) is 4.74 Å². The van der Waals surface area contributed by atoms with Crippen LogP contribution in [0.5, 0.6) is 0 Å². The highest BCUT2D eigenvalue weighted by Gasteiger charge is 2.19. The van der Waals surface area contributed by atoms with Crippen molar-refractivity contribution in [1.82, 2.24) is 14.8 Å². The van der Waals surface area contributed by atoms with Crippen molar-refractivity contribution in [1.29, 1.82) is 0 Å². The van der Waals surface area contributed by atoms with Crippen molar-refractivity contribution in [2.24, 2.45) is 0 Å². The van der Waals surface area contributed by atoms with Crippen LogP contribution < -0.4 is 5.32 Å². The molecule has 2 saturated heterocycles. The molecule has 0 aliphatic carbocycles. The molecular weight excluding hydrogens is 332 g/mol. The van der Waals surface area contributed by atoms with Gasteiger partial charge in [0.15, 0.2) is 0 Å². The van der Waals surface area contributed by atoms with Gasteiger partial charge in [-0.2, -0.15) is 0 Å². The Balaban J connectivity index is 1.44. The number of hydrogen-bond acceptors (Lipinski definition) is 6. The van der Waals surface area contributed by atoms with Crippen LogP contribution in [0.25, 0.3) is 0 Å². The molecule has 1 aromatic rings. The molecule has 2 fully saturated rings. The zero-order chi connectivity index (χ0) is 18.2. The first-order valence-corrected chi connectivity index (χ1v) is 9.70. The first-order chi connectivity index (χ1) is 12.7. The van der Waals surface area contributed by atoms with Gasteiger partial charge in [0, 0.05) is 32.4 Å². The van der Waals surface area contributed by atoms with Crippen molar-refractivity contribution in [3.63, 3.8) is 0 Å². The molecule has 1 atom stereocenters. The fourth-order valence-corrected chi connectivity index (χ4v) is 3.48. The third-order valence-corrected chi connectivity index (χ3v) is 5.00. The zero-order valence-corrected chi connectivity index (χ0v) is 15.4. The molecule has 144 valence electrons. The number of aliphatic hydroxyl groups is 1. The van der Waals surface area contributed by atoms with E-state index in [4.69, 9.17) is 4.74 Å². The van der Waals surface area contributed by atoms with Gasteiger partial charge in [-0.25, -0.2) is 4.98 Å². The minimum Gasteiger partial charge on any atom is -0.390 e. The topological polar surface area (TPSA) is 77.9 Å². The molecule has 2 N–H and O–H groups in total. The van der Waals surface area contributed by atoms with Gasteiger partial charge >= 0.3 is 0 Å². The average molecular weight is 362 g/mol. The van der Waals surface area contributed by atoms with Gasteiger partial charge in [-0.1, -0.05) is 12.8 Å². The lowest BCUT2D eigenvalue weighted by molar-refractivity contribution is 0.0302. The molecule has 26 heavy (non-hydrogen) atoms. The molecule has 0 saturated carbocycles. The summed E-state index contributed by atoms with van der Waals surface area (Å²) in [6, 6.07) is 3.58. The fraction of sp³-hybridized carbons (Fsp3) is 0.684. The molecule has 1 aromatic heterocycles. The average Bonchev–Trinajstić information content (AvgIpc) is 2.95. The standard InChI is InChI=1S/C19H30N4O3/c24-17(15-22-7-3-1-2-4-8-22)14-21-18-6-5-16(13-20-18)19(25)23-9-11-26-12-10-23/h5-6,13,17,24H,1-4,7-12,14-15H2,(H,20,21). The fourth-order valence-electron chi connectivity index (χ4n) is 3.48. The number of β-amino-alcohol motifs (C(OH)–C–C–N with tert-alkyl or cyclic N) is 1. The summed E-state index contributed by atoms with van der Waals surface area (Å²) in [6.07, 6.45) is 6.21. The largest absolute Gasteiger partial charge is 0.390 e. The lowest BCUT2D eigenvalue weighted by atomic mass is 10.2.